The zero-order valence-corrected chi connectivity index (χ0v) is 19.2. The number of aryl methyl sites for hydroxylation is 1. The lowest BCUT2D eigenvalue weighted by Crippen LogP contribution is -2.29. The molecule has 3 heterocycles. The first-order chi connectivity index (χ1) is 16.4. The molecule has 0 spiro atoms. The van der Waals surface area contributed by atoms with Crippen molar-refractivity contribution in [1.82, 2.24) is 4.90 Å². The van der Waals surface area contributed by atoms with Crippen molar-refractivity contribution in [3.05, 3.63) is 88.4 Å². The second-order valence-electron chi connectivity index (χ2n) is 8.68. The molecule has 1 aromatic heterocycles. The first-order valence-electron chi connectivity index (χ1n) is 11.1. The van der Waals surface area contributed by atoms with Crippen LogP contribution in [0.5, 0.6) is 11.5 Å². The number of amides is 1. The average Bonchev–Trinajstić information content (AvgIpc) is 3.49. The van der Waals surface area contributed by atoms with Crippen LogP contribution in [0.1, 0.15) is 41.2 Å². The topological polar surface area (TPSA) is 89.2 Å². The molecule has 2 atom stereocenters. The number of carbonyl (C=O) groups is 2. The van der Waals surface area contributed by atoms with Crippen molar-refractivity contribution in [2.45, 2.75) is 39.0 Å². The van der Waals surface area contributed by atoms with Crippen LogP contribution in [-0.4, -0.2) is 34.9 Å². The van der Waals surface area contributed by atoms with Crippen LogP contribution in [0.2, 0.25) is 0 Å². The van der Waals surface area contributed by atoms with Gasteiger partial charge in [-0.1, -0.05) is 12.1 Å². The van der Waals surface area contributed by atoms with Crippen LogP contribution in [0.25, 0.3) is 5.76 Å². The maximum atomic E-state index is 13.2. The number of fused-ring (bicyclic) bond motifs is 1. The Kier molecular flexibility index (Phi) is 5.40. The van der Waals surface area contributed by atoms with Crippen molar-refractivity contribution >= 4 is 17.4 Å². The molecular weight excluding hydrogens is 434 g/mol. The van der Waals surface area contributed by atoms with Gasteiger partial charge in [-0.05, 0) is 67.4 Å². The summed E-state index contributed by atoms with van der Waals surface area (Å²) in [6.07, 6.45) is 0.761. The number of hydrogen-bond donors (Lipinski definition) is 1. The molecule has 3 aromatic rings. The Balaban J connectivity index is 1.58. The van der Waals surface area contributed by atoms with Gasteiger partial charge >= 0.3 is 0 Å². The lowest BCUT2D eigenvalue weighted by molar-refractivity contribution is -0.140. The van der Waals surface area contributed by atoms with Gasteiger partial charge in [0, 0.05) is 18.5 Å². The number of methoxy groups -OCH3 is 1. The predicted octanol–water partition coefficient (Wildman–Crippen LogP) is 4.54. The van der Waals surface area contributed by atoms with E-state index in [1.54, 1.807) is 50.4 Å². The minimum atomic E-state index is -0.848. The molecule has 0 radical (unpaired) electrons. The number of carbonyl (C=O) groups excluding carboxylic acids is 2. The molecule has 2 aromatic carbocycles. The molecule has 2 aliphatic rings. The monoisotopic (exact) mass is 459 g/mol. The molecule has 0 aliphatic carbocycles. The minimum absolute atomic E-state index is 0.0137. The molecule has 7 heteroatoms. The normalized spacial score (nSPS) is 21.0. The van der Waals surface area contributed by atoms with Crippen LogP contribution < -0.4 is 9.47 Å². The number of ether oxygens (including phenoxy) is 2. The Morgan fingerprint density at radius 3 is 2.56 bits per heavy atom. The van der Waals surface area contributed by atoms with Gasteiger partial charge in [-0.15, -0.1) is 0 Å². The summed E-state index contributed by atoms with van der Waals surface area (Å²) in [5, 5.41) is 11.3. The van der Waals surface area contributed by atoms with Crippen LogP contribution in [0.4, 0.5) is 0 Å². The molecule has 0 saturated carbocycles. The predicted molar refractivity (Wildman–Crippen MR) is 125 cm³/mol. The molecule has 174 valence electrons. The highest BCUT2D eigenvalue weighted by Gasteiger charge is 2.47. The summed E-state index contributed by atoms with van der Waals surface area (Å²) in [4.78, 5) is 27.8. The lowest BCUT2D eigenvalue weighted by atomic mass is 9.97. The van der Waals surface area contributed by atoms with Crippen LogP contribution in [0.3, 0.4) is 0 Å². The van der Waals surface area contributed by atoms with E-state index in [-0.39, 0.29) is 24.0 Å². The van der Waals surface area contributed by atoms with E-state index in [2.05, 4.69) is 0 Å². The van der Waals surface area contributed by atoms with E-state index < -0.39 is 17.7 Å². The molecule has 2 unspecified atom stereocenters. The van der Waals surface area contributed by atoms with Gasteiger partial charge < -0.3 is 23.9 Å². The van der Waals surface area contributed by atoms with Gasteiger partial charge in [0.05, 0.1) is 12.7 Å². The summed E-state index contributed by atoms with van der Waals surface area (Å²) < 4.78 is 16.8. The van der Waals surface area contributed by atoms with Gasteiger partial charge in [0.2, 0.25) is 0 Å². The van der Waals surface area contributed by atoms with E-state index in [1.165, 1.54) is 4.90 Å². The van der Waals surface area contributed by atoms with Gasteiger partial charge in [-0.25, -0.2) is 0 Å². The zero-order valence-electron chi connectivity index (χ0n) is 19.2. The number of likely N-dealkylation sites (tertiary alicyclic amines) is 1. The van der Waals surface area contributed by atoms with E-state index in [0.717, 1.165) is 16.9 Å². The molecule has 7 nitrogen and oxygen atoms in total. The van der Waals surface area contributed by atoms with Crippen molar-refractivity contribution < 1.29 is 28.6 Å². The SMILES string of the molecule is COc1ccc(CN2C(=O)C(=O)/C(=C(\O)c3ccc4c(c3)CC(C)O4)C2c2ccc(C)o2)cc1. The molecule has 0 bridgehead atoms. The van der Waals surface area contributed by atoms with Gasteiger partial charge in [0.25, 0.3) is 11.7 Å². The molecule has 2 aliphatic heterocycles. The molecule has 34 heavy (non-hydrogen) atoms. The highest BCUT2D eigenvalue weighted by molar-refractivity contribution is 6.46. The largest absolute Gasteiger partial charge is 0.507 e. The van der Waals surface area contributed by atoms with E-state index >= 15 is 0 Å². The second-order valence-corrected chi connectivity index (χ2v) is 8.68. The number of furan rings is 1. The van der Waals surface area contributed by atoms with Crippen LogP contribution in [-0.2, 0) is 22.6 Å². The fraction of sp³-hybridized carbons (Fsp3) is 0.259. The van der Waals surface area contributed by atoms with E-state index in [1.807, 2.05) is 25.1 Å². The standard InChI is InChI=1S/C27H25NO6/c1-15-4-10-22(33-15)24-23(25(29)18-7-11-21-19(13-18)12-16(2)34-21)26(30)27(31)28(24)14-17-5-8-20(32-3)9-6-17/h4-11,13,16,24,29H,12,14H2,1-3H3/b25-23-. The van der Waals surface area contributed by atoms with E-state index in [9.17, 15) is 14.7 Å². The summed E-state index contributed by atoms with van der Waals surface area (Å²) in [6, 6.07) is 15.2. The number of ketones is 1. The maximum Gasteiger partial charge on any atom is 0.296 e. The molecular formula is C27H25NO6. The quantitative estimate of drug-likeness (QED) is 0.342. The van der Waals surface area contributed by atoms with Gasteiger partial charge in [0.15, 0.2) is 0 Å². The molecule has 1 saturated heterocycles. The third kappa shape index (κ3) is 3.73. The highest BCUT2D eigenvalue weighted by atomic mass is 16.5. The van der Waals surface area contributed by atoms with Gasteiger partial charge in [-0.2, -0.15) is 0 Å². The maximum absolute atomic E-state index is 13.2. The first-order valence-corrected chi connectivity index (χ1v) is 11.1. The lowest BCUT2D eigenvalue weighted by Gasteiger charge is -2.23. The highest BCUT2D eigenvalue weighted by Crippen LogP contribution is 2.42. The minimum Gasteiger partial charge on any atom is -0.507 e. The Morgan fingerprint density at radius 1 is 1.12 bits per heavy atom. The molecule has 5 rings (SSSR count). The number of hydrogen-bond acceptors (Lipinski definition) is 6. The van der Waals surface area contributed by atoms with Crippen molar-refractivity contribution in [2.75, 3.05) is 7.11 Å². The van der Waals surface area contributed by atoms with Crippen LogP contribution in [0, 0.1) is 6.92 Å². The summed E-state index contributed by atoms with van der Waals surface area (Å²) in [5.41, 5.74) is 2.25. The molecule has 1 fully saturated rings. The van der Waals surface area contributed by atoms with Gasteiger partial charge in [0.1, 0.15) is 40.9 Å². The van der Waals surface area contributed by atoms with Crippen LogP contribution >= 0.6 is 0 Å². The average molecular weight is 459 g/mol. The Morgan fingerprint density at radius 2 is 1.88 bits per heavy atom. The number of nitrogens with zero attached hydrogens (tertiary/aromatic N) is 1. The summed E-state index contributed by atoms with van der Waals surface area (Å²) >= 11 is 0. The van der Waals surface area contributed by atoms with Gasteiger partial charge in [-0.3, -0.25) is 9.59 Å². The van der Waals surface area contributed by atoms with E-state index in [0.29, 0.717) is 29.3 Å². The third-order valence-electron chi connectivity index (χ3n) is 6.25. The number of aliphatic hydroxyl groups is 1. The number of Topliss-reactive ketones (excluding diaryl/α,β-unsaturated/α-hetero) is 1. The summed E-state index contributed by atoms with van der Waals surface area (Å²) in [7, 11) is 1.58. The number of benzene rings is 2. The smallest absolute Gasteiger partial charge is 0.296 e. The molecule has 1 amide bonds. The van der Waals surface area contributed by atoms with E-state index in [4.69, 9.17) is 13.9 Å². The Hall–Kier alpha value is -4.00. The second kappa shape index (κ2) is 8.41. The van der Waals surface area contributed by atoms with Crippen molar-refractivity contribution in [1.29, 1.82) is 0 Å². The third-order valence-corrected chi connectivity index (χ3v) is 6.25. The fourth-order valence-corrected chi connectivity index (χ4v) is 4.59. The first kappa shape index (κ1) is 21.8. The fourth-order valence-electron chi connectivity index (χ4n) is 4.59. The van der Waals surface area contributed by atoms with Crippen LogP contribution in [0.15, 0.2) is 64.6 Å². The number of rotatable bonds is 5. The summed E-state index contributed by atoms with van der Waals surface area (Å²) in [6.45, 7) is 3.94. The Bertz CT molecular complexity index is 1300. The Labute approximate surface area is 197 Å². The molecule has 1 N–H and O–H groups in total. The summed E-state index contributed by atoms with van der Waals surface area (Å²) in [5.74, 6) is 0.876. The number of aliphatic hydroxyl groups excluding tert-OH is 1. The van der Waals surface area contributed by atoms with Crippen molar-refractivity contribution in [3.63, 3.8) is 0 Å². The zero-order chi connectivity index (χ0) is 24.0. The van der Waals surface area contributed by atoms with Crippen molar-refractivity contribution in [3.8, 4) is 11.5 Å². The van der Waals surface area contributed by atoms with Crippen molar-refractivity contribution in [2.24, 2.45) is 0 Å².